The third kappa shape index (κ3) is 4.63. The molecule has 1 aromatic carbocycles. The smallest absolute Gasteiger partial charge is 0.293 e. The van der Waals surface area contributed by atoms with Crippen molar-refractivity contribution in [1.29, 1.82) is 0 Å². The number of rotatable bonds is 7. The molecule has 2 fully saturated rings. The second-order valence-electron chi connectivity index (χ2n) is 7.54. The molecule has 8 nitrogen and oxygen atoms in total. The summed E-state index contributed by atoms with van der Waals surface area (Å²) >= 11 is 1.69. The Hall–Kier alpha value is -2.49. The first-order chi connectivity index (χ1) is 14.6. The van der Waals surface area contributed by atoms with Crippen molar-refractivity contribution in [3.8, 4) is 0 Å². The number of nitrogens with one attached hydrogen (secondary N) is 1. The molecule has 0 bridgehead atoms. The largest absolute Gasteiger partial charge is 0.378 e. The molecule has 0 radical (unpaired) electrons. The maximum Gasteiger partial charge on any atom is 0.293 e. The number of nitrogens with zero attached hydrogens (tertiary/aromatic N) is 3. The number of amides is 1. The summed E-state index contributed by atoms with van der Waals surface area (Å²) in [6.07, 6.45) is 2.34. The van der Waals surface area contributed by atoms with Crippen LogP contribution < -0.4 is 10.2 Å². The summed E-state index contributed by atoms with van der Waals surface area (Å²) in [6.45, 7) is 4.82. The average Bonchev–Trinajstić information content (AvgIpc) is 3.49. The molecule has 0 saturated carbocycles. The Morgan fingerprint density at radius 2 is 1.97 bits per heavy atom. The lowest BCUT2D eigenvalue weighted by Crippen LogP contribution is -2.37. The van der Waals surface area contributed by atoms with Gasteiger partial charge in [0.2, 0.25) is 0 Å². The number of thiophene rings is 1. The van der Waals surface area contributed by atoms with Crippen molar-refractivity contribution >= 4 is 28.6 Å². The molecule has 0 aliphatic carbocycles. The first kappa shape index (κ1) is 20.8. The summed E-state index contributed by atoms with van der Waals surface area (Å²) in [7, 11) is 0. The number of carbonyl (C=O) groups excluding carboxylic acids is 1. The van der Waals surface area contributed by atoms with Crippen LogP contribution >= 0.6 is 11.3 Å². The van der Waals surface area contributed by atoms with Crippen molar-refractivity contribution in [3.63, 3.8) is 0 Å². The fourth-order valence-corrected chi connectivity index (χ4v) is 4.98. The Kier molecular flexibility index (Phi) is 6.61. The van der Waals surface area contributed by atoms with Gasteiger partial charge in [0.05, 0.1) is 24.2 Å². The highest BCUT2D eigenvalue weighted by molar-refractivity contribution is 7.10. The molecule has 2 saturated heterocycles. The van der Waals surface area contributed by atoms with Gasteiger partial charge in [-0.15, -0.1) is 11.3 Å². The van der Waals surface area contributed by atoms with Crippen LogP contribution in [-0.2, 0) is 4.74 Å². The highest BCUT2D eigenvalue weighted by atomic mass is 32.1. The number of ether oxygens (including phenoxy) is 1. The summed E-state index contributed by atoms with van der Waals surface area (Å²) in [5, 5.41) is 16.7. The minimum absolute atomic E-state index is 0.0427. The number of carbonyl (C=O) groups is 1. The first-order valence-electron chi connectivity index (χ1n) is 10.3. The third-order valence-electron chi connectivity index (χ3n) is 5.70. The van der Waals surface area contributed by atoms with E-state index in [4.69, 9.17) is 4.74 Å². The van der Waals surface area contributed by atoms with Crippen LogP contribution in [-0.4, -0.2) is 61.7 Å². The summed E-state index contributed by atoms with van der Waals surface area (Å²) in [6, 6.07) is 8.99. The number of benzene rings is 1. The lowest BCUT2D eigenvalue weighted by molar-refractivity contribution is -0.384. The summed E-state index contributed by atoms with van der Waals surface area (Å²) in [5.41, 5.74) is 0.803. The number of hydrogen-bond donors (Lipinski definition) is 1. The minimum Gasteiger partial charge on any atom is -0.378 e. The normalized spacial score (nSPS) is 18.3. The van der Waals surface area contributed by atoms with E-state index in [2.05, 4.69) is 16.3 Å². The standard InChI is InChI=1S/C21H26N4O4S/c26-21(22-15-19(20-4-3-13-30-20)23-7-1-2-8-23)16-5-6-17(18(14-16)25(27)28)24-9-11-29-12-10-24/h3-6,13-14,19H,1-2,7-12,15H2,(H,22,26). The van der Waals surface area contributed by atoms with Crippen molar-refractivity contribution in [1.82, 2.24) is 10.2 Å². The molecule has 160 valence electrons. The van der Waals surface area contributed by atoms with Crippen LogP contribution in [0.5, 0.6) is 0 Å². The Balaban J connectivity index is 1.48. The molecule has 1 aromatic heterocycles. The lowest BCUT2D eigenvalue weighted by atomic mass is 10.1. The van der Waals surface area contributed by atoms with Crippen molar-refractivity contribution in [2.45, 2.75) is 18.9 Å². The summed E-state index contributed by atoms with van der Waals surface area (Å²) in [5.74, 6) is -0.285. The molecule has 2 aliphatic heterocycles. The SMILES string of the molecule is O=C(NCC(c1cccs1)N1CCCC1)c1ccc(N2CCOCC2)c([N+](=O)[O-])c1. The van der Waals surface area contributed by atoms with Crippen LogP contribution in [0.2, 0.25) is 0 Å². The molecule has 2 aliphatic rings. The Morgan fingerprint density at radius 3 is 2.63 bits per heavy atom. The van der Waals surface area contributed by atoms with E-state index in [1.807, 2.05) is 16.3 Å². The zero-order chi connectivity index (χ0) is 20.9. The van der Waals surface area contributed by atoms with Crippen molar-refractivity contribution in [3.05, 3.63) is 56.3 Å². The van der Waals surface area contributed by atoms with Gasteiger partial charge < -0.3 is 15.0 Å². The average molecular weight is 431 g/mol. The number of morpholine rings is 1. The van der Waals surface area contributed by atoms with Gasteiger partial charge in [-0.25, -0.2) is 0 Å². The van der Waals surface area contributed by atoms with Crippen LogP contribution in [0.15, 0.2) is 35.7 Å². The molecule has 2 aromatic rings. The molecule has 4 rings (SSSR count). The fraction of sp³-hybridized carbons (Fsp3) is 0.476. The van der Waals surface area contributed by atoms with E-state index in [1.54, 1.807) is 23.5 Å². The van der Waals surface area contributed by atoms with Crippen molar-refractivity contribution < 1.29 is 14.5 Å². The van der Waals surface area contributed by atoms with Gasteiger partial charge in [-0.3, -0.25) is 19.8 Å². The first-order valence-corrected chi connectivity index (χ1v) is 11.2. The number of nitro groups is 1. The molecular formula is C21H26N4O4S. The molecule has 3 heterocycles. The predicted molar refractivity (Wildman–Crippen MR) is 116 cm³/mol. The fourth-order valence-electron chi connectivity index (χ4n) is 4.12. The Labute approximate surface area is 179 Å². The molecule has 1 unspecified atom stereocenters. The van der Waals surface area contributed by atoms with Crippen LogP contribution in [0.3, 0.4) is 0 Å². The van der Waals surface area contributed by atoms with E-state index in [-0.39, 0.29) is 17.6 Å². The third-order valence-corrected chi connectivity index (χ3v) is 6.67. The van der Waals surface area contributed by atoms with E-state index in [9.17, 15) is 14.9 Å². The van der Waals surface area contributed by atoms with Gasteiger partial charge >= 0.3 is 0 Å². The minimum atomic E-state index is -0.416. The molecular weight excluding hydrogens is 404 g/mol. The molecule has 1 amide bonds. The number of nitro benzene ring substituents is 1. The topological polar surface area (TPSA) is 88.0 Å². The lowest BCUT2D eigenvalue weighted by Gasteiger charge is -2.28. The zero-order valence-corrected chi connectivity index (χ0v) is 17.6. The number of hydrogen-bond acceptors (Lipinski definition) is 7. The highest BCUT2D eigenvalue weighted by Gasteiger charge is 2.26. The molecule has 9 heteroatoms. The number of likely N-dealkylation sites (tertiary alicyclic amines) is 1. The molecule has 30 heavy (non-hydrogen) atoms. The molecule has 1 atom stereocenters. The quantitative estimate of drug-likeness (QED) is 0.537. The van der Waals surface area contributed by atoms with E-state index >= 15 is 0 Å². The van der Waals surface area contributed by atoms with Crippen molar-refractivity contribution in [2.24, 2.45) is 0 Å². The van der Waals surface area contributed by atoms with E-state index < -0.39 is 4.92 Å². The Morgan fingerprint density at radius 1 is 1.20 bits per heavy atom. The highest BCUT2D eigenvalue weighted by Crippen LogP contribution is 2.31. The maximum absolute atomic E-state index is 12.8. The van der Waals surface area contributed by atoms with Crippen LogP contribution in [0.1, 0.15) is 34.1 Å². The monoisotopic (exact) mass is 430 g/mol. The zero-order valence-electron chi connectivity index (χ0n) is 16.8. The van der Waals surface area contributed by atoms with E-state index in [0.29, 0.717) is 44.1 Å². The van der Waals surface area contributed by atoms with Crippen LogP contribution in [0, 0.1) is 10.1 Å². The van der Waals surface area contributed by atoms with Gasteiger partial charge in [-0.2, -0.15) is 0 Å². The maximum atomic E-state index is 12.8. The second-order valence-corrected chi connectivity index (χ2v) is 8.52. The van der Waals surface area contributed by atoms with E-state index in [1.165, 1.54) is 23.8 Å². The van der Waals surface area contributed by atoms with Crippen LogP contribution in [0.25, 0.3) is 0 Å². The molecule has 0 spiro atoms. The van der Waals surface area contributed by atoms with Gasteiger partial charge in [0.15, 0.2) is 0 Å². The Bertz CT molecular complexity index is 877. The van der Waals surface area contributed by atoms with Gasteiger partial charge in [0.1, 0.15) is 5.69 Å². The van der Waals surface area contributed by atoms with Gasteiger partial charge in [-0.05, 0) is 49.5 Å². The number of anilines is 1. The summed E-state index contributed by atoms with van der Waals surface area (Å²) < 4.78 is 5.33. The van der Waals surface area contributed by atoms with Gasteiger partial charge in [0, 0.05) is 36.1 Å². The predicted octanol–water partition coefficient (Wildman–Crippen LogP) is 3.06. The van der Waals surface area contributed by atoms with E-state index in [0.717, 1.165) is 13.1 Å². The van der Waals surface area contributed by atoms with Crippen LogP contribution in [0.4, 0.5) is 11.4 Å². The van der Waals surface area contributed by atoms with Crippen molar-refractivity contribution in [2.75, 3.05) is 50.8 Å². The summed E-state index contributed by atoms with van der Waals surface area (Å²) in [4.78, 5) is 29.6. The van der Waals surface area contributed by atoms with Gasteiger partial charge in [0.25, 0.3) is 11.6 Å². The second kappa shape index (κ2) is 9.55. The molecule has 1 N–H and O–H groups in total. The van der Waals surface area contributed by atoms with Gasteiger partial charge in [-0.1, -0.05) is 6.07 Å².